The normalized spacial score (nSPS) is 10.5. The summed E-state index contributed by atoms with van der Waals surface area (Å²) >= 11 is 0. The zero-order valence-electron chi connectivity index (χ0n) is 10.6. The highest BCUT2D eigenvalue weighted by molar-refractivity contribution is 5.98. The molecule has 2 aromatic carbocycles. The first-order valence-corrected chi connectivity index (χ1v) is 6.16. The summed E-state index contributed by atoms with van der Waals surface area (Å²) < 4.78 is 26.2. The number of halogens is 2. The summed E-state index contributed by atoms with van der Waals surface area (Å²) in [6, 6.07) is 10.5. The molecule has 0 amide bonds. The summed E-state index contributed by atoms with van der Waals surface area (Å²) in [5.41, 5.74) is 1.92. The number of hydrogen-bond acceptors (Lipinski definition) is 1. The molecule has 0 saturated carbocycles. The average molecular weight is 260 g/mol. The molecular weight excluding hydrogens is 246 g/mol. The Morgan fingerprint density at radius 3 is 2.32 bits per heavy atom. The molecule has 0 aromatic heterocycles. The third-order valence-electron chi connectivity index (χ3n) is 2.99. The standard InChI is InChI=1S/C16H14F2O/c1-2-12-5-3-4-6-15(12)16(19)9-11-7-13(17)10-14(18)8-11/h3-8,10H,2,9H2,1H3. The van der Waals surface area contributed by atoms with Crippen molar-refractivity contribution in [2.45, 2.75) is 19.8 Å². The zero-order chi connectivity index (χ0) is 13.8. The number of ketones is 1. The van der Waals surface area contributed by atoms with Gasteiger partial charge in [-0.25, -0.2) is 8.78 Å². The van der Waals surface area contributed by atoms with Crippen molar-refractivity contribution in [3.8, 4) is 0 Å². The molecule has 0 heterocycles. The van der Waals surface area contributed by atoms with E-state index in [1.165, 1.54) is 12.1 Å². The first-order chi connectivity index (χ1) is 9.10. The third-order valence-corrected chi connectivity index (χ3v) is 2.99. The number of aryl methyl sites for hydroxylation is 1. The first-order valence-electron chi connectivity index (χ1n) is 6.16. The summed E-state index contributed by atoms with van der Waals surface area (Å²) in [5.74, 6) is -1.44. The van der Waals surface area contributed by atoms with Gasteiger partial charge in [0.2, 0.25) is 0 Å². The van der Waals surface area contributed by atoms with Crippen molar-refractivity contribution < 1.29 is 13.6 Å². The Kier molecular flexibility index (Phi) is 4.05. The highest BCUT2D eigenvalue weighted by Gasteiger charge is 2.11. The summed E-state index contributed by atoms with van der Waals surface area (Å²) in [7, 11) is 0. The Hall–Kier alpha value is -2.03. The average Bonchev–Trinajstić information content (AvgIpc) is 2.37. The van der Waals surface area contributed by atoms with Gasteiger partial charge in [0.15, 0.2) is 5.78 Å². The van der Waals surface area contributed by atoms with E-state index in [2.05, 4.69) is 0 Å². The number of carbonyl (C=O) groups excluding carboxylic acids is 1. The predicted molar refractivity (Wildman–Crippen MR) is 70.2 cm³/mol. The minimum atomic E-state index is -0.661. The van der Waals surface area contributed by atoms with Crippen LogP contribution in [-0.4, -0.2) is 5.78 Å². The van der Waals surface area contributed by atoms with Crippen LogP contribution in [-0.2, 0) is 12.8 Å². The number of rotatable bonds is 4. The zero-order valence-corrected chi connectivity index (χ0v) is 10.6. The second kappa shape index (κ2) is 5.74. The Morgan fingerprint density at radius 1 is 1.05 bits per heavy atom. The molecule has 0 aliphatic heterocycles. The number of benzene rings is 2. The molecule has 0 unspecified atom stereocenters. The summed E-state index contributed by atoms with van der Waals surface area (Å²) in [6.07, 6.45) is 0.755. The van der Waals surface area contributed by atoms with E-state index in [4.69, 9.17) is 0 Å². The van der Waals surface area contributed by atoms with Crippen molar-refractivity contribution in [1.29, 1.82) is 0 Å². The molecule has 0 fully saturated rings. The smallest absolute Gasteiger partial charge is 0.167 e. The van der Waals surface area contributed by atoms with E-state index in [-0.39, 0.29) is 12.2 Å². The van der Waals surface area contributed by atoms with E-state index in [0.717, 1.165) is 18.1 Å². The van der Waals surface area contributed by atoms with Gasteiger partial charge in [-0.15, -0.1) is 0 Å². The molecule has 0 radical (unpaired) electrons. The molecule has 98 valence electrons. The lowest BCUT2D eigenvalue weighted by Crippen LogP contribution is -2.07. The van der Waals surface area contributed by atoms with Crippen LogP contribution in [0.1, 0.15) is 28.4 Å². The van der Waals surface area contributed by atoms with Crippen molar-refractivity contribution in [2.75, 3.05) is 0 Å². The first kappa shape index (κ1) is 13.4. The highest BCUT2D eigenvalue weighted by atomic mass is 19.1. The second-order valence-corrected chi connectivity index (χ2v) is 4.39. The Bertz CT molecular complexity index is 585. The molecule has 0 saturated heterocycles. The second-order valence-electron chi connectivity index (χ2n) is 4.39. The lowest BCUT2D eigenvalue weighted by Gasteiger charge is -2.07. The predicted octanol–water partition coefficient (Wildman–Crippen LogP) is 3.95. The van der Waals surface area contributed by atoms with E-state index >= 15 is 0 Å². The van der Waals surface area contributed by atoms with E-state index in [0.29, 0.717) is 11.1 Å². The van der Waals surface area contributed by atoms with Crippen LogP contribution in [0.15, 0.2) is 42.5 Å². The summed E-state index contributed by atoms with van der Waals surface area (Å²) in [6.45, 7) is 1.97. The Labute approximate surface area is 110 Å². The van der Waals surface area contributed by atoms with Crippen LogP contribution in [0.2, 0.25) is 0 Å². The molecule has 0 atom stereocenters. The van der Waals surface area contributed by atoms with E-state index in [1.54, 1.807) is 12.1 Å². The van der Waals surface area contributed by atoms with E-state index in [9.17, 15) is 13.6 Å². The van der Waals surface area contributed by atoms with Crippen LogP contribution >= 0.6 is 0 Å². The monoisotopic (exact) mass is 260 g/mol. The van der Waals surface area contributed by atoms with Crippen molar-refractivity contribution in [1.82, 2.24) is 0 Å². The topological polar surface area (TPSA) is 17.1 Å². The molecule has 1 nitrogen and oxygen atoms in total. The van der Waals surface area contributed by atoms with Crippen molar-refractivity contribution in [2.24, 2.45) is 0 Å². The third kappa shape index (κ3) is 3.25. The Morgan fingerprint density at radius 2 is 1.68 bits per heavy atom. The number of hydrogen-bond donors (Lipinski definition) is 0. The van der Waals surface area contributed by atoms with E-state index < -0.39 is 11.6 Å². The molecule has 19 heavy (non-hydrogen) atoms. The largest absolute Gasteiger partial charge is 0.294 e. The van der Waals surface area contributed by atoms with Gasteiger partial charge >= 0.3 is 0 Å². The quantitative estimate of drug-likeness (QED) is 0.761. The molecule has 3 heteroatoms. The van der Waals surface area contributed by atoms with Crippen LogP contribution in [0.4, 0.5) is 8.78 Å². The maximum absolute atomic E-state index is 13.1. The fourth-order valence-corrected chi connectivity index (χ4v) is 2.09. The van der Waals surface area contributed by atoms with Crippen LogP contribution in [0.5, 0.6) is 0 Å². The fourth-order valence-electron chi connectivity index (χ4n) is 2.09. The SMILES string of the molecule is CCc1ccccc1C(=O)Cc1cc(F)cc(F)c1. The molecule has 2 rings (SSSR count). The van der Waals surface area contributed by atoms with Crippen molar-refractivity contribution in [3.05, 3.63) is 70.8 Å². The highest BCUT2D eigenvalue weighted by Crippen LogP contribution is 2.15. The fraction of sp³-hybridized carbons (Fsp3) is 0.188. The van der Waals surface area contributed by atoms with Gasteiger partial charge in [-0.3, -0.25) is 4.79 Å². The van der Waals surface area contributed by atoms with Gasteiger partial charge in [0.25, 0.3) is 0 Å². The minimum absolute atomic E-state index is 0.00565. The van der Waals surface area contributed by atoms with Crippen LogP contribution in [0.25, 0.3) is 0 Å². The molecule has 0 bridgehead atoms. The van der Waals surface area contributed by atoms with Gasteiger partial charge in [-0.05, 0) is 29.7 Å². The molecule has 2 aromatic rings. The maximum atomic E-state index is 13.1. The molecular formula is C16H14F2O. The van der Waals surface area contributed by atoms with Crippen molar-refractivity contribution in [3.63, 3.8) is 0 Å². The lowest BCUT2D eigenvalue weighted by atomic mass is 9.97. The maximum Gasteiger partial charge on any atom is 0.167 e. The lowest BCUT2D eigenvalue weighted by molar-refractivity contribution is 0.0992. The number of Topliss-reactive ketones (excluding diaryl/α,β-unsaturated/α-hetero) is 1. The number of carbonyl (C=O) groups is 1. The van der Waals surface area contributed by atoms with Gasteiger partial charge in [-0.2, -0.15) is 0 Å². The van der Waals surface area contributed by atoms with Gasteiger partial charge < -0.3 is 0 Å². The molecule has 0 N–H and O–H groups in total. The Balaban J connectivity index is 2.25. The molecule has 0 aliphatic carbocycles. The van der Waals surface area contributed by atoms with Crippen LogP contribution in [0, 0.1) is 11.6 Å². The van der Waals surface area contributed by atoms with E-state index in [1.807, 2.05) is 19.1 Å². The van der Waals surface area contributed by atoms with Crippen LogP contribution < -0.4 is 0 Å². The molecule has 0 aliphatic rings. The van der Waals surface area contributed by atoms with Gasteiger partial charge in [0, 0.05) is 18.1 Å². The summed E-state index contributed by atoms with van der Waals surface area (Å²) in [5, 5.41) is 0. The van der Waals surface area contributed by atoms with Crippen LogP contribution in [0.3, 0.4) is 0 Å². The van der Waals surface area contributed by atoms with Gasteiger partial charge in [-0.1, -0.05) is 31.2 Å². The van der Waals surface area contributed by atoms with Crippen molar-refractivity contribution >= 4 is 5.78 Å². The van der Waals surface area contributed by atoms with Gasteiger partial charge in [0.1, 0.15) is 11.6 Å². The van der Waals surface area contributed by atoms with Gasteiger partial charge in [0.05, 0.1) is 0 Å². The molecule has 0 spiro atoms. The summed E-state index contributed by atoms with van der Waals surface area (Å²) in [4.78, 5) is 12.2. The minimum Gasteiger partial charge on any atom is -0.294 e.